The van der Waals surface area contributed by atoms with Crippen LogP contribution in [0.2, 0.25) is 0 Å². The Morgan fingerprint density at radius 3 is 2.38 bits per heavy atom. The third-order valence-corrected chi connectivity index (χ3v) is 12.8. The van der Waals surface area contributed by atoms with E-state index in [9.17, 15) is 32.3 Å². The quantitative estimate of drug-likeness (QED) is 0.218. The standard InChI is InChI=1S/C43H47F3N10O4/c1-27(39-49-47-26-50(39)2)30-4-3-5-33(19-30)54-25-37-35(43(44,45)46)18-29(23-56(37)42(54)60)22-51-12-10-28(11-13-51)21-52-14-16-53(17-15-52)32-6-7-34-31(20-32)24-55(41(34)59)36-8-9-38(57)48-40(36)58/h3-7,18-20,23,25-28,36H,8-17,21-22,24H2,1-2H3,(H,48,57,58)/t27-,36+/m1/s1. The van der Waals surface area contributed by atoms with E-state index in [0.717, 1.165) is 85.7 Å². The summed E-state index contributed by atoms with van der Waals surface area (Å²) in [4.78, 5) is 59.6. The fraction of sp³-hybridized carbons (Fsp3) is 0.442. The number of likely N-dealkylation sites (tertiary alicyclic amines) is 1. The maximum absolute atomic E-state index is 14.6. The summed E-state index contributed by atoms with van der Waals surface area (Å²) in [5, 5.41) is 10.5. The Labute approximate surface area is 344 Å². The molecule has 5 aromatic rings. The predicted molar refractivity (Wildman–Crippen MR) is 216 cm³/mol. The number of piperidine rings is 2. The molecule has 314 valence electrons. The van der Waals surface area contributed by atoms with Crippen molar-refractivity contribution in [1.29, 1.82) is 0 Å². The van der Waals surface area contributed by atoms with E-state index in [-0.39, 0.29) is 29.7 Å². The highest BCUT2D eigenvalue weighted by molar-refractivity contribution is 6.05. The van der Waals surface area contributed by atoms with E-state index in [2.05, 4.69) is 36.3 Å². The monoisotopic (exact) mass is 824 g/mol. The predicted octanol–water partition coefficient (Wildman–Crippen LogP) is 4.18. The van der Waals surface area contributed by atoms with Crippen molar-refractivity contribution in [2.75, 3.05) is 50.7 Å². The first kappa shape index (κ1) is 39.6. The van der Waals surface area contributed by atoms with Crippen molar-refractivity contribution in [1.82, 2.24) is 43.7 Å². The van der Waals surface area contributed by atoms with Crippen LogP contribution in [0, 0.1) is 5.92 Å². The molecule has 4 aliphatic rings. The highest BCUT2D eigenvalue weighted by Crippen LogP contribution is 2.35. The van der Waals surface area contributed by atoms with Crippen molar-refractivity contribution in [3.63, 3.8) is 0 Å². The van der Waals surface area contributed by atoms with Crippen LogP contribution < -0.4 is 15.9 Å². The number of rotatable bonds is 9. The lowest BCUT2D eigenvalue weighted by Gasteiger charge is -2.39. The molecule has 4 aliphatic heterocycles. The van der Waals surface area contributed by atoms with Gasteiger partial charge in [-0.1, -0.05) is 19.1 Å². The second-order valence-corrected chi connectivity index (χ2v) is 16.7. The molecule has 14 nitrogen and oxygen atoms in total. The van der Waals surface area contributed by atoms with Gasteiger partial charge in [0.15, 0.2) is 0 Å². The smallest absolute Gasteiger partial charge is 0.369 e. The number of piperazine rings is 1. The normalized spacial score (nSPS) is 20.3. The van der Waals surface area contributed by atoms with Crippen LogP contribution in [0.1, 0.15) is 77.0 Å². The molecule has 2 aromatic carbocycles. The third kappa shape index (κ3) is 7.59. The van der Waals surface area contributed by atoms with Gasteiger partial charge in [0.05, 0.1) is 16.8 Å². The Morgan fingerprint density at radius 2 is 1.67 bits per heavy atom. The molecular weight excluding hydrogens is 778 g/mol. The summed E-state index contributed by atoms with van der Waals surface area (Å²) in [7, 11) is 1.84. The van der Waals surface area contributed by atoms with Crippen molar-refractivity contribution in [2.45, 2.75) is 63.8 Å². The number of fused-ring (bicyclic) bond motifs is 2. The van der Waals surface area contributed by atoms with E-state index in [1.165, 1.54) is 16.8 Å². The largest absolute Gasteiger partial charge is 0.418 e. The summed E-state index contributed by atoms with van der Waals surface area (Å²) in [6, 6.07) is 13.6. The van der Waals surface area contributed by atoms with Crippen molar-refractivity contribution in [2.24, 2.45) is 13.0 Å². The number of hydrogen-bond acceptors (Lipinski definition) is 9. The number of imide groups is 1. The van der Waals surface area contributed by atoms with Crippen LogP contribution in [-0.4, -0.2) is 108 Å². The topological polar surface area (TPSA) is 133 Å². The van der Waals surface area contributed by atoms with E-state index < -0.39 is 29.4 Å². The number of imidazole rings is 1. The first-order chi connectivity index (χ1) is 28.8. The summed E-state index contributed by atoms with van der Waals surface area (Å²) < 4.78 is 47.9. The van der Waals surface area contributed by atoms with Gasteiger partial charge < -0.3 is 14.4 Å². The number of halogens is 3. The number of aromatic nitrogens is 5. The van der Waals surface area contributed by atoms with Gasteiger partial charge in [-0.3, -0.25) is 38.5 Å². The molecule has 0 radical (unpaired) electrons. The molecule has 3 saturated heterocycles. The minimum Gasteiger partial charge on any atom is -0.369 e. The van der Waals surface area contributed by atoms with Crippen molar-refractivity contribution < 1.29 is 27.6 Å². The lowest BCUT2D eigenvalue weighted by molar-refractivity contribution is -0.137. The summed E-state index contributed by atoms with van der Waals surface area (Å²) in [6.07, 6.45) is 2.18. The molecule has 9 rings (SSSR count). The Balaban J connectivity index is 0.807. The maximum atomic E-state index is 14.6. The number of hydrogen-bond donors (Lipinski definition) is 1. The number of anilines is 1. The lowest BCUT2D eigenvalue weighted by atomic mass is 9.95. The van der Waals surface area contributed by atoms with Gasteiger partial charge in [0.25, 0.3) is 5.91 Å². The van der Waals surface area contributed by atoms with Crippen molar-refractivity contribution in [3.8, 4) is 5.69 Å². The molecular formula is C43H47F3N10O4. The van der Waals surface area contributed by atoms with E-state index in [0.29, 0.717) is 42.2 Å². The van der Waals surface area contributed by atoms with E-state index in [4.69, 9.17) is 0 Å². The van der Waals surface area contributed by atoms with Gasteiger partial charge in [0.2, 0.25) is 11.8 Å². The van der Waals surface area contributed by atoms with Crippen molar-refractivity contribution in [3.05, 3.63) is 111 Å². The molecule has 7 heterocycles. The van der Waals surface area contributed by atoms with Crippen LogP contribution in [0.3, 0.4) is 0 Å². The zero-order chi connectivity index (χ0) is 41.9. The van der Waals surface area contributed by atoms with Gasteiger partial charge in [-0.15, -0.1) is 10.2 Å². The molecule has 2 atom stereocenters. The Hall–Kier alpha value is -5.81. The Morgan fingerprint density at radius 1 is 0.883 bits per heavy atom. The molecule has 17 heteroatoms. The second kappa shape index (κ2) is 15.7. The SMILES string of the molecule is C[C@H](c1cccc(-n2cc3c(C(F)(F)F)cc(CN4CCC(CN5CCN(c6ccc7c(c6)CN([C@H]6CCC(=O)NC6=O)C7=O)CC5)CC4)cn3c2=O)c1)c1nncn1C. The average Bonchev–Trinajstić information content (AvgIpc) is 3.92. The summed E-state index contributed by atoms with van der Waals surface area (Å²) >= 11 is 0. The molecule has 0 aliphatic carbocycles. The van der Waals surface area contributed by atoms with Gasteiger partial charge in [0.1, 0.15) is 18.2 Å². The first-order valence-electron chi connectivity index (χ1n) is 20.6. The molecule has 1 N–H and O–H groups in total. The molecule has 3 amide bonds. The highest BCUT2D eigenvalue weighted by atomic mass is 19.4. The Bertz CT molecular complexity index is 2530. The highest BCUT2D eigenvalue weighted by Gasteiger charge is 2.40. The number of nitrogens with zero attached hydrogens (tertiary/aromatic N) is 9. The van der Waals surface area contributed by atoms with Gasteiger partial charge in [-0.05, 0) is 91.4 Å². The number of alkyl halides is 3. The third-order valence-electron chi connectivity index (χ3n) is 12.8. The van der Waals surface area contributed by atoms with Crippen LogP contribution >= 0.6 is 0 Å². The van der Waals surface area contributed by atoms with Crippen LogP contribution in [0.5, 0.6) is 0 Å². The minimum absolute atomic E-state index is 0.156. The van der Waals surface area contributed by atoms with Crippen LogP contribution in [-0.2, 0) is 35.9 Å². The average molecular weight is 825 g/mol. The summed E-state index contributed by atoms with van der Waals surface area (Å²) in [5.74, 6) is 0.138. The summed E-state index contributed by atoms with van der Waals surface area (Å²) in [5.41, 5.74) is 2.70. The van der Waals surface area contributed by atoms with Crippen LogP contribution in [0.15, 0.2) is 72.0 Å². The molecule has 60 heavy (non-hydrogen) atoms. The number of carbonyl (C=O) groups excluding carboxylic acids is 3. The van der Waals surface area contributed by atoms with Crippen LogP contribution in [0.4, 0.5) is 18.9 Å². The minimum atomic E-state index is -4.66. The molecule has 0 spiro atoms. The molecule has 0 bridgehead atoms. The lowest BCUT2D eigenvalue weighted by Crippen LogP contribution is -2.52. The molecule has 3 fully saturated rings. The van der Waals surface area contributed by atoms with Crippen LogP contribution in [0.25, 0.3) is 11.2 Å². The zero-order valence-corrected chi connectivity index (χ0v) is 33.6. The van der Waals surface area contributed by atoms with Crippen molar-refractivity contribution >= 4 is 28.9 Å². The summed E-state index contributed by atoms with van der Waals surface area (Å²) in [6.45, 7) is 8.51. The van der Waals surface area contributed by atoms with Gasteiger partial charge in [-0.2, -0.15) is 13.2 Å². The number of amides is 3. The van der Waals surface area contributed by atoms with Gasteiger partial charge in [0, 0.05) is 88.8 Å². The van der Waals surface area contributed by atoms with E-state index in [1.54, 1.807) is 35.6 Å². The molecule has 0 saturated carbocycles. The zero-order valence-electron chi connectivity index (χ0n) is 33.6. The fourth-order valence-corrected chi connectivity index (χ4v) is 9.42. The second-order valence-electron chi connectivity index (χ2n) is 16.7. The molecule has 3 aromatic heterocycles. The number of aryl methyl sites for hydroxylation is 1. The maximum Gasteiger partial charge on any atom is 0.418 e. The fourth-order valence-electron chi connectivity index (χ4n) is 9.42. The van der Waals surface area contributed by atoms with E-state index in [1.807, 2.05) is 36.7 Å². The number of carbonyl (C=O) groups is 3. The number of pyridine rings is 1. The first-order valence-corrected chi connectivity index (χ1v) is 20.6. The number of benzene rings is 2. The van der Waals surface area contributed by atoms with Gasteiger partial charge >= 0.3 is 11.9 Å². The van der Waals surface area contributed by atoms with E-state index >= 15 is 0 Å². The number of nitrogens with one attached hydrogen (secondary N) is 1. The van der Waals surface area contributed by atoms with Gasteiger partial charge in [-0.25, -0.2) is 4.79 Å². The molecule has 0 unspecified atom stereocenters. The Kier molecular flexibility index (Phi) is 10.3.